The SMILES string of the molecule is C[C@@H]1CCC[C@H]1OC[C@@H](O)CN1CCN(C)CC1. The maximum atomic E-state index is 10.0. The van der Waals surface area contributed by atoms with Gasteiger partial charge in [0.1, 0.15) is 0 Å². The summed E-state index contributed by atoms with van der Waals surface area (Å²) < 4.78 is 5.85. The first-order valence-corrected chi connectivity index (χ1v) is 7.35. The molecule has 1 saturated carbocycles. The molecule has 2 rings (SSSR count). The zero-order valence-electron chi connectivity index (χ0n) is 11.8. The molecule has 1 saturated heterocycles. The summed E-state index contributed by atoms with van der Waals surface area (Å²) in [5.74, 6) is 0.667. The Hall–Kier alpha value is -0.160. The Bertz CT molecular complexity index is 242. The molecule has 1 N–H and O–H groups in total. The van der Waals surface area contributed by atoms with Gasteiger partial charge in [-0.25, -0.2) is 0 Å². The summed E-state index contributed by atoms with van der Waals surface area (Å²) in [5.41, 5.74) is 0. The number of hydrogen-bond acceptors (Lipinski definition) is 4. The van der Waals surface area contributed by atoms with E-state index in [1.807, 2.05) is 0 Å². The quantitative estimate of drug-likeness (QED) is 0.789. The Labute approximate surface area is 111 Å². The van der Waals surface area contributed by atoms with Gasteiger partial charge in [0.2, 0.25) is 0 Å². The second-order valence-electron chi connectivity index (χ2n) is 6.04. The van der Waals surface area contributed by atoms with Gasteiger partial charge >= 0.3 is 0 Å². The van der Waals surface area contributed by atoms with E-state index in [2.05, 4.69) is 23.8 Å². The van der Waals surface area contributed by atoms with E-state index in [4.69, 9.17) is 4.74 Å². The van der Waals surface area contributed by atoms with E-state index in [0.717, 1.165) is 32.7 Å². The van der Waals surface area contributed by atoms with Crippen molar-refractivity contribution < 1.29 is 9.84 Å². The van der Waals surface area contributed by atoms with Gasteiger partial charge in [0.25, 0.3) is 0 Å². The van der Waals surface area contributed by atoms with Crippen LogP contribution in [0.2, 0.25) is 0 Å². The molecule has 4 nitrogen and oxygen atoms in total. The van der Waals surface area contributed by atoms with E-state index in [-0.39, 0.29) is 6.10 Å². The number of aliphatic hydroxyl groups is 1. The monoisotopic (exact) mass is 256 g/mol. The van der Waals surface area contributed by atoms with E-state index in [1.165, 1.54) is 19.3 Å². The molecule has 2 aliphatic rings. The Kier molecular flexibility index (Phi) is 5.42. The number of rotatable bonds is 5. The van der Waals surface area contributed by atoms with Crippen molar-refractivity contribution in [3.63, 3.8) is 0 Å². The molecule has 0 bridgehead atoms. The third kappa shape index (κ3) is 4.19. The van der Waals surface area contributed by atoms with Crippen molar-refractivity contribution in [3.05, 3.63) is 0 Å². The number of β-amino-alcohol motifs (C(OH)–C–C–N with tert-alkyl or cyclic N) is 1. The first-order chi connectivity index (χ1) is 8.65. The van der Waals surface area contributed by atoms with Gasteiger partial charge < -0.3 is 14.7 Å². The van der Waals surface area contributed by atoms with Crippen LogP contribution in [0.5, 0.6) is 0 Å². The largest absolute Gasteiger partial charge is 0.389 e. The second kappa shape index (κ2) is 6.85. The molecular formula is C14H28N2O2. The van der Waals surface area contributed by atoms with Gasteiger partial charge in [0.05, 0.1) is 18.8 Å². The van der Waals surface area contributed by atoms with Crippen LogP contribution in [0.3, 0.4) is 0 Å². The number of likely N-dealkylation sites (N-methyl/N-ethyl adjacent to an activating group) is 1. The zero-order valence-corrected chi connectivity index (χ0v) is 11.8. The van der Waals surface area contributed by atoms with E-state index >= 15 is 0 Å². The zero-order chi connectivity index (χ0) is 13.0. The molecule has 0 unspecified atom stereocenters. The van der Waals surface area contributed by atoms with E-state index in [9.17, 15) is 5.11 Å². The van der Waals surface area contributed by atoms with E-state index < -0.39 is 0 Å². The first-order valence-electron chi connectivity index (χ1n) is 7.35. The van der Waals surface area contributed by atoms with Gasteiger partial charge in [-0.05, 0) is 25.8 Å². The normalized spacial score (nSPS) is 32.8. The molecule has 0 spiro atoms. The summed E-state index contributed by atoms with van der Waals surface area (Å²) >= 11 is 0. The summed E-state index contributed by atoms with van der Waals surface area (Å²) in [6, 6.07) is 0. The van der Waals surface area contributed by atoms with Crippen LogP contribution in [0, 0.1) is 5.92 Å². The van der Waals surface area contributed by atoms with Crippen molar-refractivity contribution in [2.24, 2.45) is 5.92 Å². The molecule has 1 heterocycles. The minimum Gasteiger partial charge on any atom is -0.389 e. The highest BCUT2D eigenvalue weighted by Crippen LogP contribution is 2.27. The standard InChI is InChI=1S/C14H28N2O2/c1-12-4-3-5-14(12)18-11-13(17)10-16-8-6-15(2)7-9-16/h12-14,17H,3-11H2,1-2H3/t12-,13+,14-/m1/s1. The smallest absolute Gasteiger partial charge is 0.0900 e. The molecule has 0 aromatic carbocycles. The van der Waals surface area contributed by atoms with Crippen molar-refractivity contribution in [1.82, 2.24) is 9.80 Å². The van der Waals surface area contributed by atoms with Crippen molar-refractivity contribution in [2.45, 2.75) is 38.4 Å². The van der Waals surface area contributed by atoms with Crippen LogP contribution in [0.25, 0.3) is 0 Å². The number of nitrogens with zero attached hydrogens (tertiary/aromatic N) is 2. The lowest BCUT2D eigenvalue weighted by Gasteiger charge is -2.33. The lowest BCUT2D eigenvalue weighted by atomic mass is 10.1. The molecule has 1 aliphatic heterocycles. The first kappa shape index (κ1) is 14.3. The number of hydrogen-bond donors (Lipinski definition) is 1. The fourth-order valence-corrected chi connectivity index (χ4v) is 2.97. The predicted octanol–water partition coefficient (Wildman–Crippen LogP) is 0.800. The fourth-order valence-electron chi connectivity index (χ4n) is 2.97. The van der Waals surface area contributed by atoms with Crippen LogP contribution in [0.15, 0.2) is 0 Å². The molecular weight excluding hydrogens is 228 g/mol. The fraction of sp³-hybridized carbons (Fsp3) is 1.00. The predicted molar refractivity (Wildman–Crippen MR) is 72.7 cm³/mol. The van der Waals surface area contributed by atoms with Gasteiger partial charge in [-0.3, -0.25) is 4.90 Å². The van der Waals surface area contributed by atoms with Crippen molar-refractivity contribution in [1.29, 1.82) is 0 Å². The van der Waals surface area contributed by atoms with Gasteiger partial charge in [0.15, 0.2) is 0 Å². The second-order valence-corrected chi connectivity index (χ2v) is 6.04. The minimum atomic E-state index is -0.332. The van der Waals surface area contributed by atoms with Crippen LogP contribution in [-0.2, 0) is 4.74 Å². The van der Waals surface area contributed by atoms with E-state index in [0.29, 0.717) is 18.6 Å². The highest BCUT2D eigenvalue weighted by atomic mass is 16.5. The lowest BCUT2D eigenvalue weighted by molar-refractivity contribution is -0.0349. The molecule has 0 amide bonds. The number of ether oxygens (including phenoxy) is 1. The molecule has 0 aromatic rings. The summed E-state index contributed by atoms with van der Waals surface area (Å²) in [7, 11) is 2.15. The summed E-state index contributed by atoms with van der Waals surface area (Å²) in [5, 5.41) is 10.0. The minimum absolute atomic E-state index is 0.332. The van der Waals surface area contributed by atoms with Crippen molar-refractivity contribution in [3.8, 4) is 0 Å². The molecule has 1 aliphatic carbocycles. The number of aliphatic hydroxyl groups excluding tert-OH is 1. The van der Waals surface area contributed by atoms with Crippen LogP contribution in [0.1, 0.15) is 26.2 Å². The Morgan fingerprint density at radius 1 is 1.22 bits per heavy atom. The molecule has 106 valence electrons. The summed E-state index contributed by atoms with van der Waals surface area (Å²) in [4.78, 5) is 4.67. The Morgan fingerprint density at radius 2 is 1.94 bits per heavy atom. The molecule has 0 aromatic heterocycles. The summed E-state index contributed by atoms with van der Waals surface area (Å²) in [6.45, 7) is 7.85. The Balaban J connectivity index is 1.61. The van der Waals surface area contributed by atoms with Crippen LogP contribution < -0.4 is 0 Å². The van der Waals surface area contributed by atoms with Crippen LogP contribution in [0.4, 0.5) is 0 Å². The van der Waals surface area contributed by atoms with Crippen molar-refractivity contribution in [2.75, 3.05) is 46.4 Å². The van der Waals surface area contributed by atoms with E-state index in [1.54, 1.807) is 0 Å². The molecule has 2 fully saturated rings. The average Bonchev–Trinajstić information content (AvgIpc) is 2.75. The molecule has 4 heteroatoms. The van der Waals surface area contributed by atoms with Crippen LogP contribution in [-0.4, -0.2) is 73.5 Å². The van der Waals surface area contributed by atoms with Crippen molar-refractivity contribution >= 4 is 0 Å². The molecule has 18 heavy (non-hydrogen) atoms. The third-order valence-corrected chi connectivity index (χ3v) is 4.35. The maximum absolute atomic E-state index is 10.0. The Morgan fingerprint density at radius 3 is 2.56 bits per heavy atom. The third-order valence-electron chi connectivity index (χ3n) is 4.35. The van der Waals surface area contributed by atoms with Gasteiger partial charge in [0, 0.05) is 32.7 Å². The van der Waals surface area contributed by atoms with Crippen LogP contribution >= 0.6 is 0 Å². The summed E-state index contributed by atoms with van der Waals surface area (Å²) in [6.07, 6.45) is 3.77. The average molecular weight is 256 g/mol. The maximum Gasteiger partial charge on any atom is 0.0900 e. The highest BCUT2D eigenvalue weighted by molar-refractivity contribution is 4.76. The number of piperazine rings is 1. The molecule has 3 atom stereocenters. The lowest BCUT2D eigenvalue weighted by Crippen LogP contribution is -2.47. The van der Waals surface area contributed by atoms with Gasteiger partial charge in [-0.15, -0.1) is 0 Å². The highest BCUT2D eigenvalue weighted by Gasteiger charge is 2.25. The van der Waals surface area contributed by atoms with Gasteiger partial charge in [-0.2, -0.15) is 0 Å². The van der Waals surface area contributed by atoms with Gasteiger partial charge in [-0.1, -0.05) is 13.3 Å². The molecule has 0 radical (unpaired) electrons. The topological polar surface area (TPSA) is 35.9 Å².